The van der Waals surface area contributed by atoms with E-state index in [4.69, 9.17) is 4.98 Å². The molecule has 0 radical (unpaired) electrons. The van der Waals surface area contributed by atoms with Gasteiger partial charge < -0.3 is 10.2 Å². The standard InChI is InChI=1S/C23H27N3O2S2/c1-3-12-24-20(27)16-26(13-4-2)21(28)15-19-22(18-11-8-14-29-18)25-23(30-19)17-9-6-5-7-10-17/h5-11,14H,3-4,12-13,15-16H2,1-2H3,(H,24,27). The van der Waals surface area contributed by atoms with Gasteiger partial charge in [-0.15, -0.1) is 22.7 Å². The van der Waals surface area contributed by atoms with E-state index in [1.165, 1.54) is 0 Å². The molecule has 0 spiro atoms. The van der Waals surface area contributed by atoms with Crippen molar-refractivity contribution in [3.63, 3.8) is 0 Å². The summed E-state index contributed by atoms with van der Waals surface area (Å²) in [5.41, 5.74) is 1.91. The van der Waals surface area contributed by atoms with Gasteiger partial charge in [0.05, 0.1) is 23.5 Å². The largest absolute Gasteiger partial charge is 0.355 e. The fourth-order valence-corrected chi connectivity index (χ4v) is 4.96. The zero-order chi connectivity index (χ0) is 21.3. The molecular weight excluding hydrogens is 414 g/mol. The number of nitrogens with zero attached hydrogens (tertiary/aromatic N) is 2. The van der Waals surface area contributed by atoms with Gasteiger partial charge in [-0.3, -0.25) is 9.59 Å². The van der Waals surface area contributed by atoms with E-state index in [0.29, 0.717) is 13.1 Å². The average Bonchev–Trinajstić information content (AvgIpc) is 3.42. The molecule has 0 aliphatic rings. The number of benzene rings is 1. The normalized spacial score (nSPS) is 10.7. The van der Waals surface area contributed by atoms with E-state index in [-0.39, 0.29) is 24.8 Å². The summed E-state index contributed by atoms with van der Waals surface area (Å²) in [5, 5.41) is 5.78. The van der Waals surface area contributed by atoms with Crippen molar-refractivity contribution in [1.29, 1.82) is 0 Å². The molecule has 3 aromatic rings. The fourth-order valence-electron chi connectivity index (χ4n) is 3.09. The number of thiophene rings is 1. The number of amides is 2. The first-order valence-corrected chi connectivity index (χ1v) is 12.0. The van der Waals surface area contributed by atoms with Gasteiger partial charge in [-0.25, -0.2) is 4.98 Å². The summed E-state index contributed by atoms with van der Waals surface area (Å²) in [6.07, 6.45) is 1.93. The highest BCUT2D eigenvalue weighted by Crippen LogP contribution is 2.36. The second kappa shape index (κ2) is 11.0. The van der Waals surface area contributed by atoms with Crippen LogP contribution in [0.1, 0.15) is 31.6 Å². The highest BCUT2D eigenvalue weighted by atomic mass is 32.1. The summed E-state index contributed by atoms with van der Waals surface area (Å²) in [6, 6.07) is 14.1. The Morgan fingerprint density at radius 2 is 1.87 bits per heavy atom. The third-order valence-corrected chi connectivity index (χ3v) is 6.52. The molecule has 2 amide bonds. The van der Waals surface area contributed by atoms with Crippen molar-refractivity contribution in [2.45, 2.75) is 33.1 Å². The molecule has 7 heteroatoms. The van der Waals surface area contributed by atoms with E-state index >= 15 is 0 Å². The van der Waals surface area contributed by atoms with E-state index in [2.05, 4.69) is 5.32 Å². The van der Waals surface area contributed by atoms with E-state index in [1.807, 2.05) is 61.7 Å². The maximum atomic E-state index is 13.1. The van der Waals surface area contributed by atoms with Crippen LogP contribution >= 0.6 is 22.7 Å². The average molecular weight is 442 g/mol. The van der Waals surface area contributed by atoms with Gasteiger partial charge in [0.1, 0.15) is 5.01 Å². The third kappa shape index (κ3) is 5.77. The molecule has 5 nitrogen and oxygen atoms in total. The van der Waals surface area contributed by atoms with Crippen molar-refractivity contribution in [1.82, 2.24) is 15.2 Å². The van der Waals surface area contributed by atoms with Gasteiger partial charge in [-0.1, -0.05) is 50.2 Å². The molecule has 1 aromatic carbocycles. The van der Waals surface area contributed by atoms with Crippen molar-refractivity contribution < 1.29 is 9.59 Å². The molecule has 0 saturated heterocycles. The number of hydrogen-bond acceptors (Lipinski definition) is 5. The zero-order valence-corrected chi connectivity index (χ0v) is 19.0. The molecular formula is C23H27N3O2S2. The summed E-state index contributed by atoms with van der Waals surface area (Å²) in [4.78, 5) is 33.8. The zero-order valence-electron chi connectivity index (χ0n) is 17.4. The molecule has 30 heavy (non-hydrogen) atoms. The lowest BCUT2D eigenvalue weighted by molar-refractivity contribution is -0.135. The first-order chi connectivity index (χ1) is 14.6. The first-order valence-electron chi connectivity index (χ1n) is 10.3. The SMILES string of the molecule is CCCNC(=O)CN(CCC)C(=O)Cc1sc(-c2ccccc2)nc1-c1cccs1. The van der Waals surface area contributed by atoms with Gasteiger partial charge in [0, 0.05) is 23.5 Å². The quantitative estimate of drug-likeness (QED) is 0.489. The van der Waals surface area contributed by atoms with Gasteiger partial charge in [-0.2, -0.15) is 0 Å². The molecule has 0 bridgehead atoms. The molecule has 2 aromatic heterocycles. The Kier molecular flexibility index (Phi) is 8.16. The van der Waals surface area contributed by atoms with E-state index in [1.54, 1.807) is 27.6 Å². The highest BCUT2D eigenvalue weighted by molar-refractivity contribution is 7.17. The van der Waals surface area contributed by atoms with Gasteiger partial charge in [0.2, 0.25) is 11.8 Å². The lowest BCUT2D eigenvalue weighted by Crippen LogP contribution is -2.41. The monoisotopic (exact) mass is 441 g/mol. The van der Waals surface area contributed by atoms with Crippen LogP contribution in [0.5, 0.6) is 0 Å². The Hall–Kier alpha value is -2.51. The van der Waals surface area contributed by atoms with Gasteiger partial charge in [0.15, 0.2) is 0 Å². The van der Waals surface area contributed by atoms with Crippen molar-refractivity contribution in [3.05, 3.63) is 52.7 Å². The summed E-state index contributed by atoms with van der Waals surface area (Å²) >= 11 is 3.17. The number of aromatic nitrogens is 1. The molecule has 0 unspecified atom stereocenters. The fraction of sp³-hybridized carbons (Fsp3) is 0.348. The van der Waals surface area contributed by atoms with Crippen molar-refractivity contribution >= 4 is 34.5 Å². The summed E-state index contributed by atoms with van der Waals surface area (Å²) < 4.78 is 0. The highest BCUT2D eigenvalue weighted by Gasteiger charge is 2.22. The second-order valence-electron chi connectivity index (χ2n) is 6.98. The molecule has 158 valence electrons. The minimum absolute atomic E-state index is 0.0374. The topological polar surface area (TPSA) is 62.3 Å². The summed E-state index contributed by atoms with van der Waals surface area (Å²) in [6.45, 7) is 5.32. The smallest absolute Gasteiger partial charge is 0.239 e. The maximum absolute atomic E-state index is 13.1. The molecule has 2 heterocycles. The van der Waals surface area contributed by atoms with Crippen molar-refractivity contribution in [2.24, 2.45) is 0 Å². The molecule has 0 aliphatic heterocycles. The van der Waals surface area contributed by atoms with Crippen molar-refractivity contribution in [3.8, 4) is 21.1 Å². The van der Waals surface area contributed by atoms with Crippen LogP contribution in [0.4, 0.5) is 0 Å². The Balaban J connectivity index is 1.83. The predicted octanol–water partition coefficient (Wildman–Crippen LogP) is 4.85. The third-order valence-electron chi connectivity index (χ3n) is 4.54. The van der Waals surface area contributed by atoms with Gasteiger partial charge >= 0.3 is 0 Å². The second-order valence-corrected chi connectivity index (χ2v) is 9.01. The number of carbonyl (C=O) groups excluding carboxylic acids is 2. The van der Waals surface area contributed by atoms with Crippen LogP contribution < -0.4 is 5.32 Å². The van der Waals surface area contributed by atoms with Crippen LogP contribution in [0, 0.1) is 0 Å². The Bertz CT molecular complexity index is 952. The Labute approximate surface area is 185 Å². The van der Waals surface area contributed by atoms with Gasteiger partial charge in [0.25, 0.3) is 0 Å². The Morgan fingerprint density at radius 3 is 2.53 bits per heavy atom. The van der Waals surface area contributed by atoms with Crippen molar-refractivity contribution in [2.75, 3.05) is 19.6 Å². The van der Waals surface area contributed by atoms with Crippen LogP contribution in [0.2, 0.25) is 0 Å². The first kappa shape index (κ1) is 22.2. The number of rotatable bonds is 10. The molecule has 0 saturated carbocycles. The Morgan fingerprint density at radius 1 is 1.07 bits per heavy atom. The lowest BCUT2D eigenvalue weighted by Gasteiger charge is -2.21. The molecule has 0 fully saturated rings. The molecule has 0 atom stereocenters. The molecule has 0 aliphatic carbocycles. The van der Waals surface area contributed by atoms with E-state index in [9.17, 15) is 9.59 Å². The number of thiazole rings is 1. The predicted molar refractivity (Wildman–Crippen MR) is 125 cm³/mol. The van der Waals surface area contributed by atoms with Crippen LogP contribution in [0.3, 0.4) is 0 Å². The maximum Gasteiger partial charge on any atom is 0.239 e. The summed E-state index contributed by atoms with van der Waals surface area (Å²) in [7, 11) is 0. The van der Waals surface area contributed by atoms with Crippen LogP contribution in [-0.4, -0.2) is 41.3 Å². The van der Waals surface area contributed by atoms with Gasteiger partial charge in [-0.05, 0) is 24.3 Å². The number of carbonyl (C=O) groups is 2. The number of hydrogen-bond donors (Lipinski definition) is 1. The lowest BCUT2D eigenvalue weighted by atomic mass is 10.2. The van der Waals surface area contributed by atoms with E-state index in [0.717, 1.165) is 38.9 Å². The molecule has 1 N–H and O–H groups in total. The van der Waals surface area contributed by atoms with Crippen LogP contribution in [-0.2, 0) is 16.0 Å². The van der Waals surface area contributed by atoms with E-state index < -0.39 is 0 Å². The minimum atomic E-state index is -0.105. The molecule has 3 rings (SSSR count). The number of nitrogens with one attached hydrogen (secondary N) is 1. The van der Waals surface area contributed by atoms with Crippen LogP contribution in [0.25, 0.3) is 21.1 Å². The summed E-state index contributed by atoms with van der Waals surface area (Å²) in [5.74, 6) is -0.143. The van der Waals surface area contributed by atoms with Crippen LogP contribution in [0.15, 0.2) is 47.8 Å². The minimum Gasteiger partial charge on any atom is -0.355 e.